The van der Waals surface area contributed by atoms with Crippen LogP contribution in [0.1, 0.15) is 0 Å². The van der Waals surface area contributed by atoms with E-state index >= 15 is 0 Å². The molecule has 0 radical (unpaired) electrons. The molecule has 14 nitrogen and oxygen atoms in total. The second-order valence-electron chi connectivity index (χ2n) is 3.68. The van der Waals surface area contributed by atoms with Gasteiger partial charge in [0, 0.05) is 0 Å². The molecule has 0 saturated carbocycles. The number of hydrogen-bond acceptors (Lipinski definition) is 11. The summed E-state index contributed by atoms with van der Waals surface area (Å²) in [7, 11) is -9.58. The van der Waals surface area contributed by atoms with Crippen LogP contribution in [0.15, 0.2) is 0 Å². The summed E-state index contributed by atoms with van der Waals surface area (Å²) >= 11 is 0. The van der Waals surface area contributed by atoms with Crippen LogP contribution in [0.25, 0.3) is 0 Å². The second kappa shape index (κ2) is 12.5. The first-order chi connectivity index (χ1) is 9.57. The molecule has 1 rings (SSSR count). The second-order valence-corrected chi connectivity index (χ2v) is 5.43. The summed E-state index contributed by atoms with van der Waals surface area (Å²) in [6.45, 7) is -0.470. The van der Waals surface area contributed by atoms with Gasteiger partial charge in [-0.1, -0.05) is 0 Å². The maximum absolute atomic E-state index is 9.20. The van der Waals surface area contributed by atoms with Crippen LogP contribution in [-0.4, -0.2) is 92.7 Å². The first-order valence-corrected chi connectivity index (χ1v) is 7.78. The standard InChI is InChI=1S/C6H13NO5.K.2H2O4S/c7-3-5(10)4(9)2(1-8)12-6(3)11;;2*1-5(2,3)4/h2-6,8-11H,1,7H2;;2*(H2,1,2,3,4)/q;+1;;/p-1/t2-,3-,4-,5-,6?;;;/m1.../s1. The topological polar surface area (TPSA) is 268 Å². The third kappa shape index (κ3) is 19.3. The van der Waals surface area contributed by atoms with Crippen LogP contribution in [0.4, 0.5) is 0 Å². The molecule has 1 unspecified atom stereocenters. The van der Waals surface area contributed by atoms with Gasteiger partial charge in [-0.2, -0.15) is 8.42 Å². The number of rotatable bonds is 1. The predicted molar refractivity (Wildman–Crippen MR) is 64.5 cm³/mol. The van der Waals surface area contributed by atoms with E-state index in [-0.39, 0.29) is 51.4 Å². The normalized spacial score (nSPS) is 30.7. The molecular weight excluding hydrogens is 397 g/mol. The van der Waals surface area contributed by atoms with Crippen molar-refractivity contribution in [1.29, 1.82) is 0 Å². The van der Waals surface area contributed by atoms with Crippen LogP contribution in [0.5, 0.6) is 0 Å². The summed E-state index contributed by atoms with van der Waals surface area (Å²) in [5.74, 6) is 0. The molecule has 0 spiro atoms. The van der Waals surface area contributed by atoms with Gasteiger partial charge in [-0.15, -0.1) is 0 Å². The smallest absolute Gasteiger partial charge is 0.726 e. The van der Waals surface area contributed by atoms with Crippen LogP contribution in [-0.2, 0) is 25.5 Å². The SMILES string of the molecule is N[C@H]1C(O)O[C@H](CO)[C@@H](O)[C@@H]1O.O=S(=O)(O)O.O=S(=O)([O-])O.[K+]. The Morgan fingerprint density at radius 2 is 1.30 bits per heavy atom. The molecule has 0 amide bonds. The van der Waals surface area contributed by atoms with Crippen molar-refractivity contribution in [1.82, 2.24) is 0 Å². The molecular formula is C6H16KNO13S2. The average molecular weight is 413 g/mol. The minimum atomic E-state index is -4.92. The van der Waals surface area contributed by atoms with Gasteiger partial charge in [-0.05, 0) is 0 Å². The molecule has 0 bridgehead atoms. The van der Waals surface area contributed by atoms with E-state index in [1.54, 1.807) is 0 Å². The number of hydrogen-bond donors (Lipinski definition) is 8. The van der Waals surface area contributed by atoms with Crippen LogP contribution >= 0.6 is 0 Å². The molecule has 0 aliphatic carbocycles. The third-order valence-electron chi connectivity index (χ3n) is 1.95. The third-order valence-corrected chi connectivity index (χ3v) is 1.95. The monoisotopic (exact) mass is 413 g/mol. The molecule has 1 heterocycles. The zero-order chi connectivity index (χ0) is 18.3. The summed E-state index contributed by atoms with van der Waals surface area (Å²) in [5.41, 5.74) is 5.26. The Labute approximate surface area is 173 Å². The van der Waals surface area contributed by atoms with Crippen molar-refractivity contribution < 1.29 is 112 Å². The van der Waals surface area contributed by atoms with Crippen LogP contribution < -0.4 is 57.1 Å². The van der Waals surface area contributed by atoms with E-state index in [1.165, 1.54) is 0 Å². The van der Waals surface area contributed by atoms with Crippen molar-refractivity contribution in [2.24, 2.45) is 5.73 Å². The van der Waals surface area contributed by atoms with Gasteiger partial charge < -0.3 is 35.4 Å². The number of ether oxygens (including phenoxy) is 1. The zero-order valence-electron chi connectivity index (χ0n) is 11.6. The molecule has 1 fully saturated rings. The van der Waals surface area contributed by atoms with E-state index in [0.29, 0.717) is 0 Å². The van der Waals surface area contributed by atoms with E-state index in [0.717, 1.165) is 0 Å². The van der Waals surface area contributed by atoms with Gasteiger partial charge >= 0.3 is 61.8 Å². The van der Waals surface area contributed by atoms with E-state index in [9.17, 15) is 10.2 Å². The van der Waals surface area contributed by atoms with Crippen molar-refractivity contribution in [2.75, 3.05) is 6.61 Å². The van der Waals surface area contributed by atoms with Crippen molar-refractivity contribution in [3.8, 4) is 0 Å². The fourth-order valence-corrected chi connectivity index (χ4v) is 1.12. The maximum atomic E-state index is 9.20. The average Bonchev–Trinajstić information content (AvgIpc) is 2.27. The molecule has 17 heteroatoms. The summed E-state index contributed by atoms with van der Waals surface area (Å²) in [4.78, 5) is 0. The molecule has 1 saturated heterocycles. The molecule has 1 aliphatic rings. The number of nitrogens with two attached hydrogens (primary N) is 1. The van der Waals surface area contributed by atoms with E-state index in [2.05, 4.69) is 0 Å². The molecule has 0 aromatic rings. The molecule has 0 aromatic heterocycles. The van der Waals surface area contributed by atoms with E-state index in [4.69, 9.17) is 55.7 Å². The van der Waals surface area contributed by atoms with Crippen molar-refractivity contribution in [3.05, 3.63) is 0 Å². The van der Waals surface area contributed by atoms with E-state index < -0.39 is 58.0 Å². The van der Waals surface area contributed by atoms with Gasteiger partial charge in [0.2, 0.25) is 10.4 Å². The fourth-order valence-electron chi connectivity index (χ4n) is 1.12. The zero-order valence-corrected chi connectivity index (χ0v) is 16.3. The molecule has 136 valence electrons. The molecule has 1 aliphatic heterocycles. The van der Waals surface area contributed by atoms with Crippen LogP contribution in [0, 0.1) is 0 Å². The Bertz CT molecular complexity index is 458. The van der Waals surface area contributed by atoms with Crippen molar-refractivity contribution >= 4 is 20.8 Å². The van der Waals surface area contributed by atoms with Crippen molar-refractivity contribution in [2.45, 2.75) is 30.6 Å². The van der Waals surface area contributed by atoms with Crippen LogP contribution in [0.3, 0.4) is 0 Å². The quantitative estimate of drug-likeness (QED) is 0.113. The number of aliphatic hydroxyl groups excluding tert-OH is 4. The van der Waals surface area contributed by atoms with Gasteiger partial charge in [0.25, 0.3) is 0 Å². The molecule has 5 atom stereocenters. The maximum Gasteiger partial charge on any atom is 1.00 e. The molecule has 9 N–H and O–H groups in total. The van der Waals surface area contributed by atoms with Crippen LogP contribution in [0.2, 0.25) is 0 Å². The van der Waals surface area contributed by atoms with Gasteiger partial charge in [-0.25, -0.2) is 8.42 Å². The Morgan fingerprint density at radius 1 is 1.00 bits per heavy atom. The minimum Gasteiger partial charge on any atom is -0.726 e. The van der Waals surface area contributed by atoms with Gasteiger partial charge in [0.1, 0.15) is 18.3 Å². The summed E-state index contributed by atoms with van der Waals surface area (Å²) in [5, 5.41) is 36.1. The van der Waals surface area contributed by atoms with Gasteiger partial charge in [0.05, 0.1) is 12.6 Å². The first-order valence-electron chi connectivity index (χ1n) is 5.02. The fraction of sp³-hybridized carbons (Fsp3) is 1.00. The Hall–Kier alpha value is 1.14. The summed E-state index contributed by atoms with van der Waals surface area (Å²) in [6.07, 6.45) is -4.85. The Morgan fingerprint density at radius 3 is 1.57 bits per heavy atom. The first kappa shape index (κ1) is 28.9. The van der Waals surface area contributed by atoms with Gasteiger partial charge in [0.15, 0.2) is 6.29 Å². The minimum absolute atomic E-state index is 0. The predicted octanol–water partition coefficient (Wildman–Crippen LogP) is -7.90. The molecule has 0 aromatic carbocycles. The van der Waals surface area contributed by atoms with E-state index in [1.807, 2.05) is 0 Å². The van der Waals surface area contributed by atoms with Gasteiger partial charge in [-0.3, -0.25) is 13.7 Å². The largest absolute Gasteiger partial charge is 1.00 e. The Balaban J connectivity index is -0.000000307. The Kier molecular flexibility index (Phi) is 15.7. The summed E-state index contributed by atoms with van der Waals surface area (Å²) < 4.78 is 69.1. The summed E-state index contributed by atoms with van der Waals surface area (Å²) in [6, 6.07) is -1.04. The van der Waals surface area contributed by atoms with Crippen molar-refractivity contribution in [3.63, 3.8) is 0 Å². The number of aliphatic hydroxyl groups is 4. The molecule has 23 heavy (non-hydrogen) atoms.